The fraction of sp³-hybridized carbons (Fsp3) is 0.630. The Labute approximate surface area is 215 Å². The van der Waals surface area contributed by atoms with Crippen LogP contribution in [0.1, 0.15) is 90.7 Å². The van der Waals surface area contributed by atoms with Gasteiger partial charge in [0, 0.05) is 0 Å². The van der Waals surface area contributed by atoms with Crippen LogP contribution in [0.15, 0.2) is 39.8 Å². The molecule has 185 valence electrons. The van der Waals surface area contributed by atoms with Crippen LogP contribution in [0.5, 0.6) is 5.75 Å². The number of aryl methyl sites for hydroxylation is 2. The molecule has 0 spiro atoms. The van der Waals surface area contributed by atoms with Crippen LogP contribution in [-0.4, -0.2) is 8.11 Å². The van der Waals surface area contributed by atoms with Crippen LogP contribution >= 0.6 is 24.8 Å². The number of rotatable bonds is 11. The standard InChI is InChI=1S/C16H26O.C9H13.2CH3.2ClH.H3Si.Ti/c1-3-5-7-9-14-11-15(10-8-6-4-2)13-16(17)12-14;1-9(2,3)8-6-4-5-7-8;;;;;;/h11-13,17H,3-10H2,1-2H3;4,6H,5H2,1-3H3;2*1H3;2*1H;1H3;/q;;;;;;;+1/p-1. The van der Waals surface area contributed by atoms with Crippen LogP contribution in [0.3, 0.4) is 0 Å². The van der Waals surface area contributed by atoms with Gasteiger partial charge < -0.3 is 0 Å². The van der Waals surface area contributed by atoms with Crippen molar-refractivity contribution < 1.29 is 18.3 Å². The third-order valence-electron chi connectivity index (χ3n) is 6.41. The van der Waals surface area contributed by atoms with E-state index in [1.807, 2.05) is 0 Å². The predicted octanol–water partition coefficient (Wildman–Crippen LogP) is 8.62. The molecular formula is C27H49Cl2OSiTi. The molecule has 2 rings (SSSR count). The second kappa shape index (κ2) is 13.2. The van der Waals surface area contributed by atoms with Crippen LogP contribution in [0.25, 0.3) is 0 Å². The minimum absolute atomic E-state index is 0. The summed E-state index contributed by atoms with van der Waals surface area (Å²) in [4.78, 5) is 0. The largest absolute Gasteiger partial charge is 0.147 e. The first-order valence-corrected chi connectivity index (χ1v) is 22.6. The molecule has 1 nitrogen and oxygen atoms in total. The molecule has 0 amide bonds. The van der Waals surface area contributed by atoms with Gasteiger partial charge in [-0.25, -0.2) is 0 Å². The molecule has 0 N–H and O–H groups in total. The molecule has 5 heteroatoms. The summed E-state index contributed by atoms with van der Waals surface area (Å²) in [5, 5.41) is 5.02. The van der Waals surface area contributed by atoms with E-state index in [0.717, 1.165) is 20.3 Å². The number of allylic oxidation sites excluding steroid dienone is 4. The summed E-state index contributed by atoms with van der Waals surface area (Å²) < 4.78 is 8.81. The first kappa shape index (κ1) is 32.0. The summed E-state index contributed by atoms with van der Waals surface area (Å²) in [6.07, 6.45) is 16.0. The monoisotopic (exact) mass is 535 g/mol. The van der Waals surface area contributed by atoms with Crippen molar-refractivity contribution in [1.29, 1.82) is 0 Å². The topological polar surface area (TPSA) is 9.23 Å². The van der Waals surface area contributed by atoms with Crippen molar-refractivity contribution in [2.75, 3.05) is 0 Å². The van der Waals surface area contributed by atoms with Gasteiger partial charge in [-0.05, 0) is 0 Å². The molecule has 0 unspecified atom stereocenters. The van der Waals surface area contributed by atoms with Crippen molar-refractivity contribution >= 4 is 32.9 Å². The van der Waals surface area contributed by atoms with Crippen LogP contribution < -0.4 is 3.32 Å². The zero-order chi connectivity index (χ0) is 22.4. The quantitative estimate of drug-likeness (QED) is 0.203. The van der Waals surface area contributed by atoms with Crippen molar-refractivity contribution in [3.63, 3.8) is 0 Å². The Morgan fingerprint density at radius 1 is 0.875 bits per heavy atom. The van der Waals surface area contributed by atoms with Crippen LogP contribution in [0.2, 0.25) is 10.5 Å². The Hall–Kier alpha value is 0.0112. The SMILES string of the molecule is CCCCCc1cc(CCCCC)cc([O][Ti]([CH3])([CH3])([SiH3])[C]2=C(C(C)(C)C)C=CC2)c1.Cl.Cl. The Morgan fingerprint density at radius 3 is 1.81 bits per heavy atom. The van der Waals surface area contributed by atoms with Crippen molar-refractivity contribution in [3.05, 3.63) is 50.9 Å². The van der Waals surface area contributed by atoms with Gasteiger partial charge in [0.05, 0.1) is 0 Å². The molecule has 0 fully saturated rings. The van der Waals surface area contributed by atoms with Crippen molar-refractivity contribution in [3.8, 4) is 5.75 Å². The molecule has 0 saturated carbocycles. The van der Waals surface area contributed by atoms with Gasteiger partial charge in [-0.3, -0.25) is 0 Å². The van der Waals surface area contributed by atoms with Gasteiger partial charge >= 0.3 is 191 Å². The number of unbranched alkanes of at least 4 members (excludes halogenated alkanes) is 4. The van der Waals surface area contributed by atoms with Crippen LogP contribution in [0, 0.1) is 5.41 Å². The Kier molecular flexibility index (Phi) is 13.2. The molecule has 1 aliphatic rings. The minimum Gasteiger partial charge on any atom is -0.147 e. The minimum atomic E-state index is -3.15. The van der Waals surface area contributed by atoms with E-state index >= 15 is 0 Å². The van der Waals surface area contributed by atoms with E-state index < -0.39 is 14.9 Å². The van der Waals surface area contributed by atoms with E-state index in [1.165, 1.54) is 62.5 Å². The Balaban J connectivity index is 0.00000480. The van der Waals surface area contributed by atoms with E-state index in [4.69, 9.17) is 3.32 Å². The third-order valence-corrected chi connectivity index (χ3v) is 15.2. The fourth-order valence-corrected chi connectivity index (χ4v) is 12.7. The molecule has 0 heterocycles. The molecule has 0 radical (unpaired) electrons. The molecule has 0 atom stereocenters. The van der Waals surface area contributed by atoms with Crippen molar-refractivity contribution in [2.45, 2.75) is 103 Å². The second-order valence-electron chi connectivity index (χ2n) is 11.7. The van der Waals surface area contributed by atoms with Gasteiger partial charge in [-0.1, -0.05) is 0 Å². The number of hydrogen-bond acceptors (Lipinski definition) is 1. The third kappa shape index (κ3) is 9.34. The summed E-state index contributed by atoms with van der Waals surface area (Å²) >= 11 is -3.15. The second-order valence-corrected chi connectivity index (χ2v) is 34.2. The number of halogens is 2. The zero-order valence-electron chi connectivity index (χ0n) is 22.0. The van der Waals surface area contributed by atoms with Crippen molar-refractivity contribution in [1.82, 2.24) is 0 Å². The average Bonchev–Trinajstić information content (AvgIpc) is 3.13. The van der Waals surface area contributed by atoms with Gasteiger partial charge in [-0.2, -0.15) is 0 Å². The number of benzene rings is 1. The normalized spacial score (nSPS) is 15.2. The van der Waals surface area contributed by atoms with Gasteiger partial charge in [-0.15, -0.1) is 24.8 Å². The molecule has 0 bridgehead atoms. The average molecular weight is 537 g/mol. The molecule has 1 aromatic rings. The summed E-state index contributed by atoms with van der Waals surface area (Å²) in [5.41, 5.74) is 4.69. The van der Waals surface area contributed by atoms with Gasteiger partial charge in [0.25, 0.3) is 0 Å². The van der Waals surface area contributed by atoms with E-state index in [-0.39, 0.29) is 30.2 Å². The molecular weight excluding hydrogens is 487 g/mol. The summed E-state index contributed by atoms with van der Waals surface area (Å²) in [6, 6.07) is 7.19. The summed E-state index contributed by atoms with van der Waals surface area (Å²) in [7, 11) is 1.13. The summed E-state index contributed by atoms with van der Waals surface area (Å²) in [5.74, 6) is 1.15. The van der Waals surface area contributed by atoms with E-state index in [2.05, 4.69) is 75.4 Å². The maximum absolute atomic E-state index is 7.15. The van der Waals surface area contributed by atoms with E-state index in [9.17, 15) is 0 Å². The molecule has 0 aliphatic heterocycles. The fourth-order valence-electron chi connectivity index (χ4n) is 4.72. The molecule has 0 saturated heterocycles. The summed E-state index contributed by atoms with van der Waals surface area (Å²) in [6.45, 7) is 11.6. The maximum atomic E-state index is 7.15. The Bertz CT molecular complexity index is 757. The molecule has 1 aromatic carbocycles. The number of hydrogen-bond donors (Lipinski definition) is 0. The first-order chi connectivity index (χ1) is 13.9. The van der Waals surface area contributed by atoms with Crippen LogP contribution in [0.4, 0.5) is 0 Å². The molecule has 0 aromatic heterocycles. The molecule has 32 heavy (non-hydrogen) atoms. The van der Waals surface area contributed by atoms with Gasteiger partial charge in [0.15, 0.2) is 0 Å². The first-order valence-electron chi connectivity index (χ1n) is 12.4. The van der Waals surface area contributed by atoms with Gasteiger partial charge in [0.2, 0.25) is 0 Å². The van der Waals surface area contributed by atoms with E-state index in [1.54, 1.807) is 9.45 Å². The van der Waals surface area contributed by atoms with Crippen molar-refractivity contribution in [2.24, 2.45) is 5.41 Å². The van der Waals surface area contributed by atoms with Crippen LogP contribution in [-0.2, 0) is 27.8 Å². The Morgan fingerprint density at radius 2 is 1.38 bits per heavy atom. The van der Waals surface area contributed by atoms with Gasteiger partial charge in [0.1, 0.15) is 0 Å². The maximum Gasteiger partial charge on any atom is -0.147 e. The zero-order valence-corrected chi connectivity index (χ0v) is 27.2. The molecule has 1 aliphatic carbocycles. The predicted molar refractivity (Wildman–Crippen MR) is 150 cm³/mol. The smallest absolute Gasteiger partial charge is 0.147 e. The van der Waals surface area contributed by atoms with E-state index in [0.29, 0.717) is 0 Å².